The van der Waals surface area contributed by atoms with Gasteiger partial charge in [0, 0.05) is 49.7 Å². The van der Waals surface area contributed by atoms with Gasteiger partial charge in [-0.3, -0.25) is 14.9 Å². The molecule has 1 amide bonds. The van der Waals surface area contributed by atoms with Gasteiger partial charge in [0.15, 0.2) is 0 Å². The third-order valence-corrected chi connectivity index (χ3v) is 7.77. The third-order valence-electron chi connectivity index (χ3n) is 7.77. The molecule has 1 aromatic heterocycles. The first-order chi connectivity index (χ1) is 19.1. The van der Waals surface area contributed by atoms with E-state index < -0.39 is 4.92 Å². The number of fused-ring (bicyclic) bond motifs is 1. The molecule has 1 heterocycles. The van der Waals surface area contributed by atoms with E-state index in [0.717, 1.165) is 37.2 Å². The van der Waals surface area contributed by atoms with Crippen molar-refractivity contribution in [3.05, 3.63) is 106 Å². The normalized spacial score (nSPS) is 14.8. The molecule has 0 aliphatic heterocycles. The van der Waals surface area contributed by atoms with E-state index in [2.05, 4.69) is 58.1 Å². The summed E-state index contributed by atoms with van der Waals surface area (Å²) in [6.07, 6.45) is 9.62. The largest absolute Gasteiger partial charge is 0.351 e. The van der Waals surface area contributed by atoms with Crippen molar-refractivity contribution in [2.45, 2.75) is 57.7 Å². The lowest BCUT2D eigenvalue weighted by Gasteiger charge is -2.31. The van der Waals surface area contributed by atoms with Crippen LogP contribution in [0.15, 0.2) is 79.3 Å². The summed E-state index contributed by atoms with van der Waals surface area (Å²) in [5.74, 6) is 0.454. The molecule has 1 unspecified atom stereocenters. The van der Waals surface area contributed by atoms with Crippen molar-refractivity contribution in [2.24, 2.45) is 5.92 Å². The predicted octanol–water partition coefficient (Wildman–Crippen LogP) is 5.39. The Balaban J connectivity index is 1.21. The molecule has 3 aromatic carbocycles. The predicted molar refractivity (Wildman–Crippen MR) is 152 cm³/mol. The molecule has 5 rings (SSSR count). The fourth-order valence-corrected chi connectivity index (χ4v) is 5.66. The zero-order valence-corrected chi connectivity index (χ0v) is 22.1. The quantitative estimate of drug-likeness (QED) is 0.202. The molecule has 1 aliphatic carbocycles. The van der Waals surface area contributed by atoms with Crippen LogP contribution in [-0.4, -0.2) is 33.0 Å². The number of benzene rings is 3. The molecule has 0 saturated heterocycles. The molecule has 202 valence electrons. The Morgan fingerprint density at radius 2 is 1.79 bits per heavy atom. The second-order valence-electron chi connectivity index (χ2n) is 10.5. The van der Waals surface area contributed by atoms with E-state index in [-0.39, 0.29) is 24.1 Å². The standard InChI is InChI=1S/C31H35N5O3/c37-31(17-28-19-33-22-35(28)21-23-13-15-27(16-14-23)36(38)39)34-30(25-8-2-1-3-9-25)20-32-18-26-11-6-10-24-7-4-5-12-29(24)26/h4-7,10-16,19,22,25,30,32H,1-3,8-9,17-18,20-21H2,(H,34,37). The van der Waals surface area contributed by atoms with Crippen molar-refractivity contribution in [3.63, 3.8) is 0 Å². The monoisotopic (exact) mass is 525 g/mol. The maximum absolute atomic E-state index is 13.2. The van der Waals surface area contributed by atoms with Crippen LogP contribution >= 0.6 is 0 Å². The summed E-state index contributed by atoms with van der Waals surface area (Å²) in [7, 11) is 0. The van der Waals surface area contributed by atoms with E-state index in [1.165, 1.54) is 47.7 Å². The number of carbonyl (C=O) groups is 1. The number of imidazole rings is 1. The number of nitrogens with one attached hydrogen (secondary N) is 2. The van der Waals surface area contributed by atoms with Crippen LogP contribution in [-0.2, 0) is 24.3 Å². The van der Waals surface area contributed by atoms with Gasteiger partial charge in [0.2, 0.25) is 5.91 Å². The highest BCUT2D eigenvalue weighted by Crippen LogP contribution is 2.27. The fraction of sp³-hybridized carbons (Fsp3) is 0.355. The lowest BCUT2D eigenvalue weighted by Crippen LogP contribution is -2.47. The third kappa shape index (κ3) is 6.89. The summed E-state index contributed by atoms with van der Waals surface area (Å²) in [6.45, 7) is 1.98. The Morgan fingerprint density at radius 3 is 2.59 bits per heavy atom. The van der Waals surface area contributed by atoms with E-state index in [9.17, 15) is 14.9 Å². The van der Waals surface area contributed by atoms with Crippen molar-refractivity contribution < 1.29 is 9.72 Å². The summed E-state index contributed by atoms with van der Waals surface area (Å²) in [4.78, 5) is 28.0. The van der Waals surface area contributed by atoms with Gasteiger partial charge in [-0.2, -0.15) is 0 Å². The number of nitro groups is 1. The molecule has 1 saturated carbocycles. The summed E-state index contributed by atoms with van der Waals surface area (Å²) in [5.41, 5.74) is 3.05. The van der Waals surface area contributed by atoms with Crippen LogP contribution < -0.4 is 10.6 Å². The molecule has 1 atom stereocenters. The second kappa shape index (κ2) is 12.7. The molecule has 8 nitrogen and oxygen atoms in total. The number of hydrogen-bond donors (Lipinski definition) is 2. The number of nitro benzene ring substituents is 1. The van der Waals surface area contributed by atoms with Crippen LogP contribution in [0.3, 0.4) is 0 Å². The first kappa shape index (κ1) is 26.6. The summed E-state index contributed by atoms with van der Waals surface area (Å²) in [5, 5.41) is 20.4. The lowest BCUT2D eigenvalue weighted by molar-refractivity contribution is -0.384. The van der Waals surface area contributed by atoms with Gasteiger partial charge in [0.25, 0.3) is 5.69 Å². The number of carbonyl (C=O) groups excluding carboxylic acids is 1. The van der Waals surface area contributed by atoms with Crippen LogP contribution in [0.25, 0.3) is 10.8 Å². The van der Waals surface area contributed by atoms with E-state index in [1.54, 1.807) is 24.7 Å². The van der Waals surface area contributed by atoms with Crippen molar-refractivity contribution in [1.82, 2.24) is 20.2 Å². The minimum absolute atomic E-state index is 0.0111. The molecule has 1 aliphatic rings. The molecule has 0 spiro atoms. The number of amides is 1. The molecule has 0 bridgehead atoms. The second-order valence-corrected chi connectivity index (χ2v) is 10.5. The molecule has 4 aromatic rings. The number of hydrogen-bond acceptors (Lipinski definition) is 5. The van der Waals surface area contributed by atoms with E-state index in [4.69, 9.17) is 0 Å². The van der Waals surface area contributed by atoms with Gasteiger partial charge in [0.05, 0.1) is 17.7 Å². The number of nitrogens with zero attached hydrogens (tertiary/aromatic N) is 3. The molecule has 1 fully saturated rings. The Hall–Kier alpha value is -4.04. The van der Waals surface area contributed by atoms with Crippen molar-refractivity contribution in [3.8, 4) is 0 Å². The van der Waals surface area contributed by atoms with Gasteiger partial charge < -0.3 is 15.2 Å². The van der Waals surface area contributed by atoms with E-state index in [0.29, 0.717) is 12.5 Å². The molecular weight excluding hydrogens is 490 g/mol. The van der Waals surface area contributed by atoms with E-state index in [1.807, 2.05) is 4.57 Å². The Morgan fingerprint density at radius 1 is 1.03 bits per heavy atom. The summed E-state index contributed by atoms with van der Waals surface area (Å²) < 4.78 is 1.93. The average Bonchev–Trinajstić information content (AvgIpc) is 3.39. The minimum atomic E-state index is -0.406. The molecule has 0 radical (unpaired) electrons. The maximum atomic E-state index is 13.2. The van der Waals surface area contributed by atoms with Gasteiger partial charge >= 0.3 is 0 Å². The van der Waals surface area contributed by atoms with Gasteiger partial charge in [-0.25, -0.2) is 4.98 Å². The van der Waals surface area contributed by atoms with Crippen molar-refractivity contribution in [2.75, 3.05) is 6.54 Å². The Labute approximate surface area is 228 Å². The topological polar surface area (TPSA) is 102 Å². The fourth-order valence-electron chi connectivity index (χ4n) is 5.66. The van der Waals surface area contributed by atoms with Gasteiger partial charge in [-0.15, -0.1) is 0 Å². The highest BCUT2D eigenvalue weighted by molar-refractivity contribution is 5.85. The molecule has 2 N–H and O–H groups in total. The summed E-state index contributed by atoms with van der Waals surface area (Å²) in [6, 6.07) is 21.4. The number of rotatable bonds is 11. The van der Waals surface area contributed by atoms with Crippen LogP contribution in [0.2, 0.25) is 0 Å². The van der Waals surface area contributed by atoms with Crippen LogP contribution in [0.1, 0.15) is 48.9 Å². The zero-order chi connectivity index (χ0) is 27.0. The van der Waals surface area contributed by atoms with Crippen LogP contribution in [0.5, 0.6) is 0 Å². The van der Waals surface area contributed by atoms with Crippen LogP contribution in [0, 0.1) is 16.0 Å². The highest BCUT2D eigenvalue weighted by Gasteiger charge is 2.25. The number of aromatic nitrogens is 2. The molecule has 8 heteroatoms. The Bertz CT molecular complexity index is 1400. The highest BCUT2D eigenvalue weighted by atomic mass is 16.6. The molecular formula is C31H35N5O3. The van der Waals surface area contributed by atoms with Gasteiger partial charge in [-0.1, -0.05) is 73.9 Å². The first-order valence-corrected chi connectivity index (χ1v) is 13.8. The van der Waals surface area contributed by atoms with Crippen molar-refractivity contribution in [1.29, 1.82) is 0 Å². The van der Waals surface area contributed by atoms with Gasteiger partial charge in [-0.05, 0) is 40.7 Å². The smallest absolute Gasteiger partial charge is 0.269 e. The summed E-state index contributed by atoms with van der Waals surface area (Å²) >= 11 is 0. The lowest BCUT2D eigenvalue weighted by atomic mass is 9.83. The van der Waals surface area contributed by atoms with Crippen molar-refractivity contribution >= 4 is 22.4 Å². The molecule has 39 heavy (non-hydrogen) atoms. The average molecular weight is 526 g/mol. The Kier molecular flexibility index (Phi) is 8.63. The van der Waals surface area contributed by atoms with Crippen LogP contribution in [0.4, 0.5) is 5.69 Å². The number of non-ortho nitro benzene ring substituents is 1. The van der Waals surface area contributed by atoms with E-state index >= 15 is 0 Å². The van der Waals surface area contributed by atoms with Gasteiger partial charge in [0.1, 0.15) is 0 Å². The zero-order valence-electron chi connectivity index (χ0n) is 22.1. The first-order valence-electron chi connectivity index (χ1n) is 13.8. The minimum Gasteiger partial charge on any atom is -0.351 e. The SMILES string of the molecule is O=C(Cc1cncn1Cc1ccc([N+](=O)[O-])cc1)NC(CNCc1cccc2ccccc12)C1CCCCC1. The maximum Gasteiger partial charge on any atom is 0.269 e.